The van der Waals surface area contributed by atoms with E-state index in [2.05, 4.69) is 0 Å². The second kappa shape index (κ2) is 8.97. The lowest BCUT2D eigenvalue weighted by atomic mass is 10.0. The van der Waals surface area contributed by atoms with Gasteiger partial charge in [-0.2, -0.15) is 9.13 Å². The molecule has 0 aliphatic rings. The number of nitrogens with zero attached hydrogens (tertiary/aromatic N) is 2. The van der Waals surface area contributed by atoms with Gasteiger partial charge >= 0.3 is 7.60 Å². The lowest BCUT2D eigenvalue weighted by molar-refractivity contribution is -0.701. The topological polar surface area (TPSA) is 82.4 Å². The molecule has 4 rings (SSSR count). The van der Waals surface area contributed by atoms with Crippen molar-refractivity contribution >= 4 is 13.4 Å². The monoisotopic (exact) mass is 446 g/mol. The summed E-state index contributed by atoms with van der Waals surface area (Å²) in [5, 5.41) is 0. The normalized spacial score (nSPS) is 12.3. The van der Waals surface area contributed by atoms with Gasteiger partial charge in [-0.15, -0.1) is 0 Å². The fraction of sp³-hybridized carbons (Fsp3) is 0.0800. The molecule has 4 aromatic rings. The Labute approximate surface area is 186 Å². The summed E-state index contributed by atoms with van der Waals surface area (Å²) in [5.74, 6) is -0.918. The van der Waals surface area contributed by atoms with E-state index in [1.165, 1.54) is 11.5 Å². The van der Waals surface area contributed by atoms with Gasteiger partial charge in [0.25, 0.3) is 5.78 Å². The summed E-state index contributed by atoms with van der Waals surface area (Å²) in [7, 11) is -4.20. The van der Waals surface area contributed by atoms with E-state index in [0.29, 0.717) is 11.1 Å². The van der Waals surface area contributed by atoms with Crippen LogP contribution in [0.4, 0.5) is 0 Å². The molecule has 0 aliphatic carbocycles. The van der Waals surface area contributed by atoms with Crippen LogP contribution in [0, 0.1) is 0 Å². The molecular formula is C25H23N2O4P+2. The largest absolute Gasteiger partial charge is 0.392 e. The van der Waals surface area contributed by atoms with E-state index in [1.54, 1.807) is 12.4 Å². The number of pyridine rings is 2. The maximum atomic E-state index is 12.6. The Morgan fingerprint density at radius 2 is 1.25 bits per heavy atom. The zero-order chi connectivity index (χ0) is 22.7. The minimum atomic E-state index is -4.20. The van der Waals surface area contributed by atoms with Crippen LogP contribution in [-0.2, 0) is 4.57 Å². The summed E-state index contributed by atoms with van der Waals surface area (Å²) in [6.07, 6.45) is 7.20. The number of ketones is 1. The van der Waals surface area contributed by atoms with Gasteiger partial charge in [-0.05, 0) is 23.3 Å². The minimum Gasteiger partial charge on any atom is -0.320 e. The van der Waals surface area contributed by atoms with Crippen LogP contribution >= 0.6 is 7.60 Å². The van der Waals surface area contributed by atoms with E-state index in [9.17, 15) is 19.1 Å². The van der Waals surface area contributed by atoms with E-state index in [1.807, 2.05) is 95.8 Å². The molecule has 0 saturated carbocycles. The summed E-state index contributed by atoms with van der Waals surface area (Å²) in [4.78, 5) is 31.2. The first-order valence-corrected chi connectivity index (χ1v) is 11.8. The average Bonchev–Trinajstić information content (AvgIpc) is 2.83. The highest BCUT2D eigenvalue weighted by atomic mass is 31.2. The van der Waals surface area contributed by atoms with Crippen LogP contribution in [0.25, 0.3) is 16.8 Å². The van der Waals surface area contributed by atoms with E-state index < -0.39 is 13.4 Å². The van der Waals surface area contributed by atoms with Crippen molar-refractivity contribution in [3.8, 4) is 16.8 Å². The number of aromatic nitrogens is 2. The Morgan fingerprint density at radius 1 is 0.750 bits per heavy atom. The number of hydrogen-bond donors (Lipinski definition) is 2. The van der Waals surface area contributed by atoms with Crippen molar-refractivity contribution in [3.05, 3.63) is 115 Å². The zero-order valence-electron chi connectivity index (χ0n) is 17.4. The molecule has 1 atom stereocenters. The van der Waals surface area contributed by atoms with E-state index in [4.69, 9.17) is 0 Å². The van der Waals surface area contributed by atoms with E-state index in [-0.39, 0.29) is 5.78 Å². The van der Waals surface area contributed by atoms with Crippen LogP contribution in [0.1, 0.15) is 28.6 Å². The Bertz CT molecular complexity index is 1270. The highest BCUT2D eigenvalue weighted by Crippen LogP contribution is 2.45. The molecule has 0 amide bonds. The van der Waals surface area contributed by atoms with E-state index >= 15 is 0 Å². The van der Waals surface area contributed by atoms with Gasteiger partial charge in [0.2, 0.25) is 5.69 Å². The molecular weight excluding hydrogens is 423 g/mol. The molecule has 0 radical (unpaired) electrons. The second-order valence-corrected chi connectivity index (χ2v) is 9.42. The van der Waals surface area contributed by atoms with Crippen molar-refractivity contribution in [2.24, 2.45) is 0 Å². The third kappa shape index (κ3) is 4.73. The standard InChI is InChI=1S/C25H21N2O4P/c1-19(32(29,30)31)26-15-11-20(12-16-26)21-13-17-27(18-14-21)24-9-7-23(8-10-24)25(28)22-5-3-2-4-6-22/h2-19H,1H3/p+2. The third-order valence-electron chi connectivity index (χ3n) is 5.40. The summed E-state index contributed by atoms with van der Waals surface area (Å²) >= 11 is 0. The molecule has 0 bridgehead atoms. The highest BCUT2D eigenvalue weighted by Gasteiger charge is 2.32. The molecule has 2 heterocycles. The first-order valence-electron chi connectivity index (χ1n) is 10.1. The van der Waals surface area contributed by atoms with Crippen molar-refractivity contribution in [2.45, 2.75) is 12.7 Å². The van der Waals surface area contributed by atoms with Gasteiger partial charge in [-0.1, -0.05) is 30.3 Å². The molecule has 2 aromatic heterocycles. The Kier molecular flexibility index (Phi) is 6.10. The lowest BCUT2D eigenvalue weighted by Gasteiger charge is -2.09. The van der Waals surface area contributed by atoms with Crippen molar-refractivity contribution in [1.29, 1.82) is 0 Å². The van der Waals surface area contributed by atoms with Crippen LogP contribution < -0.4 is 9.13 Å². The van der Waals surface area contributed by atoms with Crippen LogP contribution in [0.5, 0.6) is 0 Å². The quantitative estimate of drug-likeness (QED) is 0.268. The number of benzene rings is 2. The van der Waals surface area contributed by atoms with Gasteiger partial charge < -0.3 is 9.79 Å². The fourth-order valence-corrected chi connectivity index (χ4v) is 3.89. The zero-order valence-corrected chi connectivity index (χ0v) is 18.3. The van der Waals surface area contributed by atoms with Crippen LogP contribution in [0.3, 0.4) is 0 Å². The summed E-state index contributed by atoms with van der Waals surface area (Å²) in [5.41, 5.74) is 4.15. The summed E-state index contributed by atoms with van der Waals surface area (Å²) in [6, 6.07) is 24.3. The molecule has 0 spiro atoms. The van der Waals surface area contributed by atoms with E-state index in [0.717, 1.165) is 16.8 Å². The molecule has 2 N–H and O–H groups in total. The highest BCUT2D eigenvalue weighted by molar-refractivity contribution is 7.51. The Hall–Kier alpha value is -3.44. The molecule has 6 nitrogen and oxygen atoms in total. The van der Waals surface area contributed by atoms with Crippen molar-refractivity contribution in [3.63, 3.8) is 0 Å². The van der Waals surface area contributed by atoms with Gasteiger partial charge in [0.15, 0.2) is 30.6 Å². The van der Waals surface area contributed by atoms with Gasteiger partial charge in [-0.25, -0.2) is 0 Å². The van der Waals surface area contributed by atoms with Crippen LogP contribution in [0.15, 0.2) is 104 Å². The number of hydrogen-bond acceptors (Lipinski definition) is 2. The molecule has 0 fully saturated rings. The van der Waals surface area contributed by atoms with Gasteiger partial charge in [0.1, 0.15) is 0 Å². The third-order valence-corrected chi connectivity index (χ3v) is 6.64. The van der Waals surface area contributed by atoms with Gasteiger partial charge in [0.05, 0.1) is 0 Å². The predicted molar refractivity (Wildman–Crippen MR) is 120 cm³/mol. The minimum absolute atomic E-state index is 0.00752. The van der Waals surface area contributed by atoms with Crippen molar-refractivity contribution in [2.75, 3.05) is 0 Å². The SMILES string of the molecule is CC([n+]1ccc(-c2cc[n+](-c3ccc(C(=O)c4ccccc4)cc3)cc2)cc1)P(=O)(O)O. The lowest BCUT2D eigenvalue weighted by Crippen LogP contribution is -2.36. The number of carbonyl (C=O) groups excluding carboxylic acids is 1. The summed E-state index contributed by atoms with van der Waals surface area (Å²) in [6.45, 7) is 1.49. The van der Waals surface area contributed by atoms with Crippen LogP contribution in [-0.4, -0.2) is 15.6 Å². The fourth-order valence-electron chi connectivity index (χ4n) is 3.39. The molecule has 7 heteroatoms. The molecule has 32 heavy (non-hydrogen) atoms. The Balaban J connectivity index is 1.50. The van der Waals surface area contributed by atoms with Crippen LogP contribution in [0.2, 0.25) is 0 Å². The first-order chi connectivity index (χ1) is 15.3. The average molecular weight is 446 g/mol. The maximum absolute atomic E-state index is 12.6. The molecule has 1 unspecified atom stereocenters. The predicted octanol–water partition coefficient (Wildman–Crippen LogP) is 3.85. The molecule has 0 aliphatic heterocycles. The number of carbonyl (C=O) groups is 1. The smallest absolute Gasteiger partial charge is 0.320 e. The maximum Gasteiger partial charge on any atom is 0.392 e. The van der Waals surface area contributed by atoms with Crippen molar-refractivity contribution < 1.29 is 28.3 Å². The van der Waals surface area contributed by atoms with Gasteiger partial charge in [-0.3, -0.25) is 9.36 Å². The van der Waals surface area contributed by atoms with Gasteiger partial charge in [0, 0.05) is 54.4 Å². The second-order valence-electron chi connectivity index (χ2n) is 7.49. The Morgan fingerprint density at radius 3 is 1.78 bits per heavy atom. The summed E-state index contributed by atoms with van der Waals surface area (Å²) < 4.78 is 14.9. The first kappa shape index (κ1) is 21.8. The van der Waals surface area contributed by atoms with Crippen molar-refractivity contribution in [1.82, 2.24) is 0 Å². The molecule has 2 aromatic carbocycles. The molecule has 160 valence electrons. The number of rotatable bonds is 6. The molecule has 0 saturated heterocycles.